The molecule has 5 heteroatoms. The molecule has 1 aromatic heterocycles. The van der Waals surface area contributed by atoms with Crippen LogP contribution in [0.4, 0.5) is 5.95 Å². The van der Waals surface area contributed by atoms with Crippen LogP contribution in [0.2, 0.25) is 0 Å². The number of anilines is 1. The molecule has 3 rings (SSSR count). The van der Waals surface area contributed by atoms with E-state index in [1.54, 1.807) is 0 Å². The summed E-state index contributed by atoms with van der Waals surface area (Å²) in [6.07, 6.45) is 10.7. The molecule has 2 fully saturated rings. The lowest BCUT2D eigenvalue weighted by molar-refractivity contribution is 0.122. The minimum atomic E-state index is 0.683. The van der Waals surface area contributed by atoms with Gasteiger partial charge in [-0.3, -0.25) is 0 Å². The van der Waals surface area contributed by atoms with Gasteiger partial charge in [0.05, 0.1) is 13.2 Å². The van der Waals surface area contributed by atoms with E-state index in [1.807, 2.05) is 12.4 Å². The molecular weight excluding hydrogens is 252 g/mol. The van der Waals surface area contributed by atoms with Gasteiger partial charge in [-0.05, 0) is 12.8 Å². The van der Waals surface area contributed by atoms with Gasteiger partial charge in [0.1, 0.15) is 0 Å². The number of aromatic nitrogens is 2. The number of ether oxygens (including phenoxy) is 1. The van der Waals surface area contributed by atoms with Crippen molar-refractivity contribution in [3.8, 4) is 0 Å². The molecule has 0 bridgehead atoms. The van der Waals surface area contributed by atoms with E-state index < -0.39 is 0 Å². The first kappa shape index (κ1) is 13.8. The SMILES string of the molecule is c1nc(N2CCOCC2)ncc1CNC1CCCCC1. The molecule has 0 radical (unpaired) electrons. The fourth-order valence-electron chi connectivity index (χ4n) is 2.93. The molecule has 110 valence electrons. The van der Waals surface area contributed by atoms with Crippen LogP contribution in [-0.2, 0) is 11.3 Å². The highest BCUT2D eigenvalue weighted by Crippen LogP contribution is 2.17. The maximum absolute atomic E-state index is 5.34. The van der Waals surface area contributed by atoms with E-state index in [1.165, 1.54) is 37.7 Å². The first-order valence-corrected chi connectivity index (χ1v) is 7.79. The normalized spacial score (nSPS) is 21.1. The Bertz CT molecular complexity index is 397. The minimum Gasteiger partial charge on any atom is -0.378 e. The van der Waals surface area contributed by atoms with Crippen LogP contribution in [0.3, 0.4) is 0 Å². The number of nitrogens with one attached hydrogen (secondary N) is 1. The molecule has 1 aliphatic carbocycles. The Balaban J connectivity index is 1.50. The molecule has 20 heavy (non-hydrogen) atoms. The summed E-state index contributed by atoms with van der Waals surface area (Å²) in [6.45, 7) is 4.20. The topological polar surface area (TPSA) is 50.3 Å². The Morgan fingerprint density at radius 1 is 1.10 bits per heavy atom. The van der Waals surface area contributed by atoms with Crippen molar-refractivity contribution in [2.75, 3.05) is 31.2 Å². The van der Waals surface area contributed by atoms with Crippen LogP contribution >= 0.6 is 0 Å². The lowest BCUT2D eigenvalue weighted by atomic mass is 9.95. The second-order valence-electron chi connectivity index (χ2n) is 5.71. The van der Waals surface area contributed by atoms with Crippen molar-refractivity contribution in [1.29, 1.82) is 0 Å². The summed E-state index contributed by atoms with van der Waals surface area (Å²) in [7, 11) is 0. The van der Waals surface area contributed by atoms with Gasteiger partial charge in [-0.1, -0.05) is 19.3 Å². The van der Waals surface area contributed by atoms with Gasteiger partial charge < -0.3 is 15.0 Å². The number of hydrogen-bond acceptors (Lipinski definition) is 5. The van der Waals surface area contributed by atoms with Crippen LogP contribution in [-0.4, -0.2) is 42.3 Å². The molecule has 0 atom stereocenters. The third kappa shape index (κ3) is 3.67. The van der Waals surface area contributed by atoms with E-state index in [2.05, 4.69) is 20.2 Å². The van der Waals surface area contributed by atoms with Crippen LogP contribution in [0.1, 0.15) is 37.7 Å². The molecule has 1 N–H and O–H groups in total. The predicted molar refractivity (Wildman–Crippen MR) is 78.8 cm³/mol. The van der Waals surface area contributed by atoms with Crippen molar-refractivity contribution in [2.45, 2.75) is 44.7 Å². The lowest BCUT2D eigenvalue weighted by Crippen LogP contribution is -2.37. The zero-order valence-electron chi connectivity index (χ0n) is 12.1. The van der Waals surface area contributed by atoms with Gasteiger partial charge >= 0.3 is 0 Å². The molecule has 5 nitrogen and oxygen atoms in total. The molecule has 1 aromatic rings. The molecule has 0 amide bonds. The van der Waals surface area contributed by atoms with Gasteiger partial charge in [-0.25, -0.2) is 9.97 Å². The minimum absolute atomic E-state index is 0.683. The summed E-state index contributed by atoms with van der Waals surface area (Å²) in [5.41, 5.74) is 1.17. The molecule has 1 saturated heterocycles. The highest BCUT2D eigenvalue weighted by Gasteiger charge is 2.14. The maximum Gasteiger partial charge on any atom is 0.225 e. The molecular formula is C15H24N4O. The summed E-state index contributed by atoms with van der Waals surface area (Å²) in [5, 5.41) is 3.62. The van der Waals surface area contributed by atoms with Crippen molar-refractivity contribution >= 4 is 5.95 Å². The molecule has 0 aromatic carbocycles. The van der Waals surface area contributed by atoms with Crippen LogP contribution < -0.4 is 10.2 Å². The van der Waals surface area contributed by atoms with Crippen molar-refractivity contribution in [1.82, 2.24) is 15.3 Å². The van der Waals surface area contributed by atoms with Crippen LogP contribution in [0, 0.1) is 0 Å². The van der Waals surface area contributed by atoms with Crippen LogP contribution in [0.25, 0.3) is 0 Å². The van der Waals surface area contributed by atoms with Crippen molar-refractivity contribution in [3.05, 3.63) is 18.0 Å². The van der Waals surface area contributed by atoms with Crippen LogP contribution in [0.5, 0.6) is 0 Å². The second-order valence-corrected chi connectivity index (χ2v) is 5.71. The van der Waals surface area contributed by atoms with Gasteiger partial charge in [0, 0.05) is 43.6 Å². The van der Waals surface area contributed by atoms with Gasteiger partial charge in [-0.15, -0.1) is 0 Å². The molecule has 1 aliphatic heterocycles. The Morgan fingerprint density at radius 3 is 2.50 bits per heavy atom. The van der Waals surface area contributed by atoms with Gasteiger partial charge in [-0.2, -0.15) is 0 Å². The monoisotopic (exact) mass is 276 g/mol. The van der Waals surface area contributed by atoms with E-state index in [0.717, 1.165) is 38.8 Å². The van der Waals surface area contributed by atoms with Gasteiger partial charge in [0.2, 0.25) is 5.95 Å². The number of rotatable bonds is 4. The Morgan fingerprint density at radius 2 is 1.80 bits per heavy atom. The predicted octanol–water partition coefficient (Wildman–Crippen LogP) is 1.74. The third-order valence-corrected chi connectivity index (χ3v) is 4.19. The van der Waals surface area contributed by atoms with Crippen molar-refractivity contribution in [3.63, 3.8) is 0 Å². The number of nitrogens with zero attached hydrogens (tertiary/aromatic N) is 3. The standard InChI is InChI=1S/C15H24N4O/c1-2-4-14(5-3-1)16-10-13-11-17-15(18-12-13)19-6-8-20-9-7-19/h11-12,14,16H,1-10H2. The third-order valence-electron chi connectivity index (χ3n) is 4.19. The summed E-state index contributed by atoms with van der Waals surface area (Å²) in [4.78, 5) is 11.2. The molecule has 2 aliphatic rings. The summed E-state index contributed by atoms with van der Waals surface area (Å²) < 4.78 is 5.34. The first-order valence-electron chi connectivity index (χ1n) is 7.79. The largest absolute Gasteiger partial charge is 0.378 e. The second kappa shape index (κ2) is 6.99. The molecule has 1 saturated carbocycles. The quantitative estimate of drug-likeness (QED) is 0.907. The Hall–Kier alpha value is -1.20. The highest BCUT2D eigenvalue weighted by molar-refractivity contribution is 5.30. The van der Waals surface area contributed by atoms with Crippen molar-refractivity contribution < 1.29 is 4.74 Å². The first-order chi connectivity index (χ1) is 9.92. The Labute approximate surface area is 120 Å². The van der Waals surface area contributed by atoms with E-state index in [-0.39, 0.29) is 0 Å². The average molecular weight is 276 g/mol. The Kier molecular flexibility index (Phi) is 4.82. The maximum atomic E-state index is 5.34. The van der Waals surface area contributed by atoms with E-state index >= 15 is 0 Å². The summed E-state index contributed by atoms with van der Waals surface area (Å²) >= 11 is 0. The van der Waals surface area contributed by atoms with E-state index in [9.17, 15) is 0 Å². The van der Waals surface area contributed by atoms with E-state index in [0.29, 0.717) is 6.04 Å². The summed E-state index contributed by atoms with van der Waals surface area (Å²) in [6, 6.07) is 0.683. The summed E-state index contributed by atoms with van der Waals surface area (Å²) in [5.74, 6) is 0.828. The fraction of sp³-hybridized carbons (Fsp3) is 0.733. The fourth-order valence-corrected chi connectivity index (χ4v) is 2.93. The smallest absolute Gasteiger partial charge is 0.225 e. The number of morpholine rings is 1. The van der Waals surface area contributed by atoms with Crippen molar-refractivity contribution in [2.24, 2.45) is 0 Å². The zero-order valence-corrected chi connectivity index (χ0v) is 12.1. The van der Waals surface area contributed by atoms with E-state index in [4.69, 9.17) is 4.74 Å². The van der Waals surface area contributed by atoms with Gasteiger partial charge in [0.15, 0.2) is 0 Å². The van der Waals surface area contributed by atoms with Crippen LogP contribution in [0.15, 0.2) is 12.4 Å². The number of hydrogen-bond donors (Lipinski definition) is 1. The lowest BCUT2D eigenvalue weighted by Gasteiger charge is -2.26. The van der Waals surface area contributed by atoms with Gasteiger partial charge in [0.25, 0.3) is 0 Å². The molecule has 0 unspecified atom stereocenters. The highest BCUT2D eigenvalue weighted by atomic mass is 16.5. The molecule has 2 heterocycles. The molecule has 0 spiro atoms. The zero-order chi connectivity index (χ0) is 13.6. The average Bonchev–Trinajstić information content (AvgIpc) is 2.55.